The van der Waals surface area contributed by atoms with Crippen molar-refractivity contribution in [1.29, 1.82) is 0 Å². The van der Waals surface area contributed by atoms with Crippen molar-refractivity contribution in [1.82, 2.24) is 5.32 Å². The maximum Gasteiger partial charge on any atom is 0.262 e. The van der Waals surface area contributed by atoms with E-state index in [1.54, 1.807) is 24.3 Å². The normalized spacial score (nSPS) is 20.3. The van der Waals surface area contributed by atoms with Crippen molar-refractivity contribution < 1.29 is 13.2 Å². The summed E-state index contributed by atoms with van der Waals surface area (Å²) < 4.78 is 23.5. The van der Waals surface area contributed by atoms with Gasteiger partial charge in [0.15, 0.2) is 9.84 Å². The monoisotopic (exact) mass is 331 g/mol. The highest BCUT2D eigenvalue weighted by Crippen LogP contribution is 2.20. The fourth-order valence-corrected chi connectivity index (χ4v) is 3.51. The van der Waals surface area contributed by atoms with Crippen LogP contribution in [0.5, 0.6) is 0 Å². The lowest BCUT2D eigenvalue weighted by atomic mass is 10.2. The molecule has 4 nitrogen and oxygen atoms in total. The van der Waals surface area contributed by atoms with Crippen LogP contribution in [0.2, 0.25) is 10.0 Å². The lowest BCUT2D eigenvalue weighted by molar-refractivity contribution is -0.116. The van der Waals surface area contributed by atoms with Crippen molar-refractivity contribution in [3.8, 4) is 0 Å². The minimum Gasteiger partial charge on any atom is -0.350 e. The van der Waals surface area contributed by atoms with E-state index in [1.807, 2.05) is 0 Å². The summed E-state index contributed by atoms with van der Waals surface area (Å²) in [5.74, 6) is -0.661. The average Bonchev–Trinajstić information content (AvgIpc) is 2.31. The third kappa shape index (κ3) is 3.62. The molecule has 0 bridgehead atoms. The third-order valence-electron chi connectivity index (χ3n) is 2.64. The summed E-state index contributed by atoms with van der Waals surface area (Å²) in [6.07, 6.45) is 4.39. The molecule has 106 valence electrons. The quantitative estimate of drug-likeness (QED) is 0.846. The first-order valence-corrected chi connectivity index (χ1v) is 8.15. The van der Waals surface area contributed by atoms with Crippen LogP contribution in [-0.4, -0.2) is 26.6 Å². The number of nitrogens with one attached hydrogen (secondary N) is 1. The molecule has 1 fully saturated rings. The van der Waals surface area contributed by atoms with Crippen LogP contribution in [0.3, 0.4) is 0 Å². The Kier molecular flexibility index (Phi) is 4.52. The lowest BCUT2D eigenvalue weighted by Gasteiger charge is -2.14. The van der Waals surface area contributed by atoms with Gasteiger partial charge in [0.05, 0.1) is 5.75 Å². The summed E-state index contributed by atoms with van der Waals surface area (Å²) in [5.41, 5.74) is 0.716. The fraction of sp³-hybridized carbons (Fsp3) is 0.154. The Labute approximate surface area is 127 Å². The summed E-state index contributed by atoms with van der Waals surface area (Å²) in [5, 5.41) is 3.45. The van der Waals surface area contributed by atoms with E-state index in [4.69, 9.17) is 23.2 Å². The van der Waals surface area contributed by atoms with Crippen LogP contribution in [0.4, 0.5) is 0 Å². The van der Waals surface area contributed by atoms with Gasteiger partial charge in [-0.3, -0.25) is 4.79 Å². The molecule has 0 aliphatic carbocycles. The summed E-state index contributed by atoms with van der Waals surface area (Å²) in [6.45, 7) is 0.145. The van der Waals surface area contributed by atoms with Crippen LogP contribution in [0.25, 0.3) is 6.08 Å². The number of carbonyl (C=O) groups is 1. The number of halogens is 2. The summed E-state index contributed by atoms with van der Waals surface area (Å²) >= 11 is 11.7. The molecule has 1 aromatic carbocycles. The zero-order valence-corrected chi connectivity index (χ0v) is 12.6. The molecule has 1 N–H and O–H groups in total. The number of allylic oxidation sites excluding steroid dienone is 2. The molecule has 1 aromatic rings. The van der Waals surface area contributed by atoms with E-state index in [-0.39, 0.29) is 17.2 Å². The highest BCUT2D eigenvalue weighted by atomic mass is 35.5. The van der Waals surface area contributed by atoms with Gasteiger partial charge in [-0.1, -0.05) is 35.4 Å². The molecule has 0 spiro atoms. The first-order valence-electron chi connectivity index (χ1n) is 5.74. The molecule has 0 saturated carbocycles. The van der Waals surface area contributed by atoms with Crippen molar-refractivity contribution in [2.75, 3.05) is 12.3 Å². The van der Waals surface area contributed by atoms with Gasteiger partial charge in [-0.25, -0.2) is 8.42 Å². The Morgan fingerprint density at radius 1 is 1.15 bits per heavy atom. The van der Waals surface area contributed by atoms with Crippen molar-refractivity contribution in [3.63, 3.8) is 0 Å². The Bertz CT molecular complexity index is 688. The zero-order chi connectivity index (χ0) is 14.8. The molecular weight excluding hydrogens is 321 g/mol. The smallest absolute Gasteiger partial charge is 0.262 e. The SMILES string of the molecule is O=C1NCCS(=O)(=O)/C1=C/C=C/c1cc(Cl)cc(Cl)c1. The van der Waals surface area contributed by atoms with Gasteiger partial charge in [0.25, 0.3) is 5.91 Å². The Balaban J connectivity index is 2.27. The minimum atomic E-state index is -3.50. The Morgan fingerprint density at radius 3 is 2.40 bits per heavy atom. The lowest BCUT2D eigenvalue weighted by Crippen LogP contribution is -2.39. The van der Waals surface area contributed by atoms with Crippen molar-refractivity contribution in [2.24, 2.45) is 0 Å². The van der Waals surface area contributed by atoms with E-state index in [1.165, 1.54) is 12.2 Å². The van der Waals surface area contributed by atoms with Crippen LogP contribution in [0, 0.1) is 0 Å². The van der Waals surface area contributed by atoms with Crippen LogP contribution in [-0.2, 0) is 14.6 Å². The number of rotatable bonds is 2. The first kappa shape index (κ1) is 15.1. The van der Waals surface area contributed by atoms with Crippen LogP contribution >= 0.6 is 23.2 Å². The highest BCUT2D eigenvalue weighted by Gasteiger charge is 2.28. The van der Waals surface area contributed by atoms with Gasteiger partial charge in [0, 0.05) is 16.6 Å². The number of benzene rings is 1. The van der Waals surface area contributed by atoms with Gasteiger partial charge in [0.2, 0.25) is 0 Å². The Hall–Kier alpha value is -1.30. The molecule has 1 aliphatic heterocycles. The zero-order valence-electron chi connectivity index (χ0n) is 10.3. The predicted octanol–water partition coefficient (Wildman–Crippen LogP) is 2.44. The molecule has 1 saturated heterocycles. The second-order valence-electron chi connectivity index (χ2n) is 4.17. The van der Waals surface area contributed by atoms with Crippen molar-refractivity contribution in [2.45, 2.75) is 0 Å². The van der Waals surface area contributed by atoms with Gasteiger partial charge < -0.3 is 5.32 Å². The van der Waals surface area contributed by atoms with Crippen molar-refractivity contribution >= 4 is 45.0 Å². The van der Waals surface area contributed by atoms with E-state index >= 15 is 0 Å². The minimum absolute atomic E-state index is 0.0819. The predicted molar refractivity (Wildman–Crippen MR) is 80.4 cm³/mol. The summed E-state index contributed by atoms with van der Waals surface area (Å²) in [4.78, 5) is 11.3. The van der Waals surface area contributed by atoms with Crippen LogP contribution in [0.15, 0.2) is 35.3 Å². The van der Waals surface area contributed by atoms with Crippen LogP contribution in [0.1, 0.15) is 5.56 Å². The van der Waals surface area contributed by atoms with Gasteiger partial charge >= 0.3 is 0 Å². The summed E-state index contributed by atoms with van der Waals surface area (Å²) in [7, 11) is -3.50. The van der Waals surface area contributed by atoms with Crippen LogP contribution < -0.4 is 5.32 Å². The van der Waals surface area contributed by atoms with Gasteiger partial charge in [0.1, 0.15) is 4.91 Å². The maximum absolute atomic E-state index is 11.7. The van der Waals surface area contributed by atoms with Crippen molar-refractivity contribution in [3.05, 3.63) is 50.9 Å². The molecule has 20 heavy (non-hydrogen) atoms. The number of sulfone groups is 1. The standard InChI is InChI=1S/C13H11Cl2NO3S/c14-10-6-9(7-11(15)8-10)2-1-3-12-13(17)16-4-5-20(12,18)19/h1-3,6-8H,4-5H2,(H,16,17)/b2-1+,12-3+. The average molecular weight is 332 g/mol. The van der Waals surface area contributed by atoms with E-state index in [0.717, 1.165) is 0 Å². The molecule has 1 aliphatic rings. The third-order valence-corrected chi connectivity index (χ3v) is 4.81. The van der Waals surface area contributed by atoms with E-state index in [2.05, 4.69) is 5.32 Å². The molecule has 0 atom stereocenters. The second kappa shape index (κ2) is 5.99. The number of hydrogen-bond donors (Lipinski definition) is 1. The first-order chi connectivity index (χ1) is 9.38. The molecule has 2 rings (SSSR count). The number of carbonyl (C=O) groups excluding carboxylic acids is 1. The number of hydrogen-bond acceptors (Lipinski definition) is 3. The molecule has 1 heterocycles. The molecule has 1 amide bonds. The van der Waals surface area contributed by atoms with E-state index in [0.29, 0.717) is 15.6 Å². The molecule has 0 radical (unpaired) electrons. The molecular formula is C13H11Cl2NO3S. The van der Waals surface area contributed by atoms with E-state index in [9.17, 15) is 13.2 Å². The molecule has 0 aromatic heterocycles. The van der Waals surface area contributed by atoms with Gasteiger partial charge in [-0.05, 0) is 29.8 Å². The van der Waals surface area contributed by atoms with Gasteiger partial charge in [-0.15, -0.1) is 0 Å². The topological polar surface area (TPSA) is 63.2 Å². The molecule has 0 unspecified atom stereocenters. The van der Waals surface area contributed by atoms with Gasteiger partial charge in [-0.2, -0.15) is 0 Å². The highest BCUT2D eigenvalue weighted by molar-refractivity contribution is 7.96. The summed E-state index contributed by atoms with van der Waals surface area (Å²) in [6, 6.07) is 4.95. The maximum atomic E-state index is 11.7. The van der Waals surface area contributed by atoms with E-state index < -0.39 is 15.7 Å². The largest absolute Gasteiger partial charge is 0.350 e. The second-order valence-corrected chi connectivity index (χ2v) is 7.12. The fourth-order valence-electron chi connectivity index (χ4n) is 1.73. The Morgan fingerprint density at radius 2 is 1.80 bits per heavy atom. The molecule has 7 heteroatoms. The number of amides is 1.